The van der Waals surface area contributed by atoms with Gasteiger partial charge in [-0.3, -0.25) is 14.5 Å². The van der Waals surface area contributed by atoms with Gasteiger partial charge in [-0.05, 0) is 75.5 Å². The van der Waals surface area contributed by atoms with Crippen LogP contribution in [0.3, 0.4) is 0 Å². The summed E-state index contributed by atoms with van der Waals surface area (Å²) >= 11 is 1.59. The molecule has 1 N–H and O–H groups in total. The van der Waals surface area contributed by atoms with Crippen LogP contribution in [0.2, 0.25) is 0 Å². The summed E-state index contributed by atoms with van der Waals surface area (Å²) in [4.78, 5) is 28.8. The van der Waals surface area contributed by atoms with Crippen LogP contribution in [0, 0.1) is 5.92 Å². The molecule has 4 nitrogen and oxygen atoms in total. The minimum Gasteiger partial charge on any atom is -0.348 e. The Kier molecular flexibility index (Phi) is 5.56. The number of rotatable bonds is 5. The second kappa shape index (κ2) is 8.10. The number of piperidine rings is 3. The number of carbonyl (C=O) groups excluding carboxylic acids is 2. The molecule has 0 radical (unpaired) electrons. The van der Waals surface area contributed by atoms with E-state index in [1.165, 1.54) is 12.8 Å². The molecule has 28 heavy (non-hydrogen) atoms. The van der Waals surface area contributed by atoms with Gasteiger partial charge in [0.2, 0.25) is 0 Å². The second-order valence-corrected chi connectivity index (χ2v) is 9.07. The van der Waals surface area contributed by atoms with Crippen molar-refractivity contribution in [2.45, 2.75) is 48.6 Å². The Morgan fingerprint density at radius 1 is 1.07 bits per heavy atom. The highest BCUT2D eigenvalue weighted by molar-refractivity contribution is 7.99. The molecule has 4 atom stereocenters. The van der Waals surface area contributed by atoms with Gasteiger partial charge in [-0.1, -0.05) is 23.9 Å². The summed E-state index contributed by atoms with van der Waals surface area (Å²) in [7, 11) is 0. The van der Waals surface area contributed by atoms with Gasteiger partial charge in [-0.25, -0.2) is 0 Å². The molecule has 2 bridgehead atoms. The molecule has 0 saturated carbocycles. The lowest BCUT2D eigenvalue weighted by atomic mass is 9.80. The van der Waals surface area contributed by atoms with Gasteiger partial charge in [-0.15, -0.1) is 0 Å². The van der Waals surface area contributed by atoms with Gasteiger partial charge in [0.15, 0.2) is 5.78 Å². The second-order valence-electron chi connectivity index (χ2n) is 7.92. The lowest BCUT2D eigenvalue weighted by Gasteiger charge is -2.48. The lowest BCUT2D eigenvalue weighted by molar-refractivity contribution is 0.0274. The Bertz CT molecular complexity index is 880. The zero-order valence-electron chi connectivity index (χ0n) is 16.4. The molecule has 0 aliphatic carbocycles. The average molecular weight is 395 g/mol. The van der Waals surface area contributed by atoms with Crippen molar-refractivity contribution < 1.29 is 9.59 Å². The van der Waals surface area contributed by atoms with Crippen LogP contribution in [0.5, 0.6) is 0 Å². The fourth-order valence-electron chi connectivity index (χ4n) is 4.30. The van der Waals surface area contributed by atoms with Crippen LogP contribution < -0.4 is 5.32 Å². The maximum atomic E-state index is 12.7. The molecule has 5 heteroatoms. The molecule has 146 valence electrons. The smallest absolute Gasteiger partial charge is 0.251 e. The van der Waals surface area contributed by atoms with E-state index in [1.54, 1.807) is 18.7 Å². The molecular formula is C23H26N2O2S. The number of Topliss-reactive ketones (excluding diaryl/α,β-unsaturated/α-hetero) is 1. The van der Waals surface area contributed by atoms with Crippen molar-refractivity contribution in [3.8, 4) is 0 Å². The fourth-order valence-corrected chi connectivity index (χ4v) is 5.18. The van der Waals surface area contributed by atoms with E-state index in [-0.39, 0.29) is 17.7 Å². The van der Waals surface area contributed by atoms with E-state index < -0.39 is 0 Å². The number of hydrogen-bond acceptors (Lipinski definition) is 4. The third-order valence-electron chi connectivity index (χ3n) is 5.96. The molecule has 1 amide bonds. The number of amides is 1. The Labute approximate surface area is 170 Å². The third kappa shape index (κ3) is 4.15. The lowest BCUT2D eigenvalue weighted by Crippen LogP contribution is -2.60. The van der Waals surface area contributed by atoms with E-state index in [2.05, 4.69) is 17.1 Å². The van der Waals surface area contributed by atoms with Gasteiger partial charge < -0.3 is 5.32 Å². The predicted octanol–water partition coefficient (Wildman–Crippen LogP) is 4.25. The highest BCUT2D eigenvalue weighted by Gasteiger charge is 2.38. The standard InChI is InChI=1S/C23H26N2O2S/c1-15-12-19-10-11-25(15)14-22(19)24-23(27)17-6-8-20(9-7-17)28-21-5-3-4-18(13-21)16(2)26/h3-9,13,15,19,22H,10-12,14H2,1-2H3,(H,24,27). The van der Waals surface area contributed by atoms with Gasteiger partial charge >= 0.3 is 0 Å². The summed E-state index contributed by atoms with van der Waals surface area (Å²) in [5.41, 5.74) is 1.42. The van der Waals surface area contributed by atoms with Crippen molar-refractivity contribution in [3.63, 3.8) is 0 Å². The fraction of sp³-hybridized carbons (Fsp3) is 0.391. The Morgan fingerprint density at radius 2 is 1.86 bits per heavy atom. The van der Waals surface area contributed by atoms with Crippen molar-refractivity contribution in [2.75, 3.05) is 13.1 Å². The molecule has 4 unspecified atom stereocenters. The number of carbonyl (C=O) groups is 2. The van der Waals surface area contributed by atoms with Crippen LogP contribution in [0.25, 0.3) is 0 Å². The molecule has 0 spiro atoms. The van der Waals surface area contributed by atoms with Crippen LogP contribution in [0.4, 0.5) is 0 Å². The van der Waals surface area contributed by atoms with E-state index >= 15 is 0 Å². The molecule has 3 fully saturated rings. The molecule has 3 saturated heterocycles. The maximum Gasteiger partial charge on any atom is 0.251 e. The van der Waals surface area contributed by atoms with Crippen LogP contribution in [-0.2, 0) is 0 Å². The summed E-state index contributed by atoms with van der Waals surface area (Å²) in [5, 5.41) is 3.25. The summed E-state index contributed by atoms with van der Waals surface area (Å²) in [5.74, 6) is 0.686. The zero-order chi connectivity index (χ0) is 19.7. The SMILES string of the molecule is CC(=O)c1cccc(Sc2ccc(C(=O)NC3CN4CCC3CC4C)cc2)c1. The van der Waals surface area contributed by atoms with Gasteiger partial charge in [0.05, 0.1) is 0 Å². The molecule has 0 aromatic heterocycles. The first-order valence-corrected chi connectivity index (χ1v) is 10.7. The van der Waals surface area contributed by atoms with E-state index in [0.717, 1.165) is 22.9 Å². The molecule has 3 aliphatic rings. The van der Waals surface area contributed by atoms with Crippen LogP contribution in [0.1, 0.15) is 47.4 Å². The number of nitrogens with one attached hydrogen (secondary N) is 1. The Morgan fingerprint density at radius 3 is 2.50 bits per heavy atom. The Balaban J connectivity index is 1.38. The third-order valence-corrected chi connectivity index (χ3v) is 6.96. The molecule has 3 aliphatic heterocycles. The maximum absolute atomic E-state index is 12.7. The quantitative estimate of drug-likeness (QED) is 0.770. The molecule has 5 rings (SSSR count). The van der Waals surface area contributed by atoms with Crippen LogP contribution in [-0.4, -0.2) is 41.8 Å². The first kappa shape index (κ1) is 19.2. The van der Waals surface area contributed by atoms with E-state index in [9.17, 15) is 9.59 Å². The average Bonchev–Trinajstić information content (AvgIpc) is 2.69. The van der Waals surface area contributed by atoms with Gasteiger partial charge in [0.25, 0.3) is 5.91 Å². The van der Waals surface area contributed by atoms with Crippen LogP contribution >= 0.6 is 11.8 Å². The number of nitrogens with zero attached hydrogens (tertiary/aromatic N) is 1. The number of fused-ring (bicyclic) bond motifs is 3. The molecule has 2 aromatic rings. The number of hydrogen-bond donors (Lipinski definition) is 1. The topological polar surface area (TPSA) is 49.4 Å². The van der Waals surface area contributed by atoms with Gasteiger partial charge in [-0.2, -0.15) is 0 Å². The Hall–Kier alpha value is -2.11. The van der Waals surface area contributed by atoms with Crippen molar-refractivity contribution in [3.05, 3.63) is 59.7 Å². The van der Waals surface area contributed by atoms with E-state index in [1.807, 2.05) is 48.5 Å². The summed E-state index contributed by atoms with van der Waals surface area (Å²) in [6.07, 6.45) is 2.37. The minimum absolute atomic E-state index is 0.0153. The van der Waals surface area contributed by atoms with Crippen molar-refractivity contribution in [2.24, 2.45) is 5.92 Å². The van der Waals surface area contributed by atoms with E-state index in [0.29, 0.717) is 23.1 Å². The number of ketones is 1. The van der Waals surface area contributed by atoms with Crippen molar-refractivity contribution in [1.82, 2.24) is 10.2 Å². The van der Waals surface area contributed by atoms with Gasteiger partial charge in [0.1, 0.15) is 0 Å². The van der Waals surface area contributed by atoms with Gasteiger partial charge in [0, 0.05) is 39.5 Å². The molecule has 3 heterocycles. The summed E-state index contributed by atoms with van der Waals surface area (Å²) in [6, 6.07) is 16.2. The summed E-state index contributed by atoms with van der Waals surface area (Å²) < 4.78 is 0. The molecule has 2 aromatic carbocycles. The predicted molar refractivity (Wildman–Crippen MR) is 112 cm³/mol. The van der Waals surface area contributed by atoms with Crippen molar-refractivity contribution >= 4 is 23.5 Å². The largest absolute Gasteiger partial charge is 0.348 e. The summed E-state index contributed by atoms with van der Waals surface area (Å²) in [6.45, 7) is 5.99. The van der Waals surface area contributed by atoms with Crippen molar-refractivity contribution in [1.29, 1.82) is 0 Å². The van der Waals surface area contributed by atoms with Crippen LogP contribution in [0.15, 0.2) is 58.3 Å². The number of benzene rings is 2. The highest BCUT2D eigenvalue weighted by atomic mass is 32.2. The zero-order valence-corrected chi connectivity index (χ0v) is 17.2. The molecular weight excluding hydrogens is 368 g/mol. The minimum atomic E-state index is 0.0153. The monoisotopic (exact) mass is 394 g/mol. The van der Waals surface area contributed by atoms with E-state index in [4.69, 9.17) is 0 Å². The first-order valence-electron chi connectivity index (χ1n) is 9.93. The first-order chi connectivity index (χ1) is 13.5. The highest BCUT2D eigenvalue weighted by Crippen LogP contribution is 2.32. The normalized spacial score (nSPS) is 26.1.